The lowest BCUT2D eigenvalue weighted by atomic mass is 10.2. The van der Waals surface area contributed by atoms with Gasteiger partial charge in [-0.3, -0.25) is 4.79 Å². The molecule has 0 spiro atoms. The molecule has 0 aliphatic rings. The largest absolute Gasteiger partial charge is 0.345 e. The predicted molar refractivity (Wildman–Crippen MR) is 47.4 cm³/mol. The highest BCUT2D eigenvalue weighted by molar-refractivity contribution is 5.75. The van der Waals surface area contributed by atoms with Gasteiger partial charge in [0.15, 0.2) is 0 Å². The highest BCUT2D eigenvalue weighted by Gasteiger charge is 2.03. The molecule has 0 saturated carbocycles. The molecular weight excluding hydrogens is 138 g/mol. The van der Waals surface area contributed by atoms with Crippen LogP contribution in [-0.2, 0) is 4.79 Å². The lowest BCUT2D eigenvalue weighted by Gasteiger charge is -2.15. The van der Waals surface area contributed by atoms with Crippen LogP contribution in [0, 0.1) is 0 Å². The van der Waals surface area contributed by atoms with Crippen LogP contribution in [0.15, 0.2) is 12.2 Å². The molecule has 2 heteroatoms. The van der Waals surface area contributed by atoms with Gasteiger partial charge in [-0.15, -0.1) is 6.58 Å². The summed E-state index contributed by atoms with van der Waals surface area (Å²) in [4.78, 5) is 12.8. The Morgan fingerprint density at radius 2 is 2.09 bits per heavy atom. The van der Waals surface area contributed by atoms with E-state index in [0.29, 0.717) is 6.42 Å². The van der Waals surface area contributed by atoms with E-state index in [1.165, 1.54) is 0 Å². The third kappa shape index (κ3) is 4.59. The molecule has 64 valence electrons. The molecule has 0 fully saturated rings. The van der Waals surface area contributed by atoms with Crippen LogP contribution < -0.4 is 0 Å². The Balaban J connectivity index is 3.60. The quantitative estimate of drug-likeness (QED) is 0.567. The lowest BCUT2D eigenvalue weighted by molar-refractivity contribution is -0.129. The Morgan fingerprint density at radius 1 is 1.55 bits per heavy atom. The number of nitrogens with zero attached hydrogens (tertiary/aromatic N) is 1. The van der Waals surface area contributed by atoms with Crippen molar-refractivity contribution in [3.8, 4) is 0 Å². The zero-order chi connectivity index (χ0) is 8.85. The normalized spacial score (nSPS) is 9.36. The molecular formula is C9H17NO. The van der Waals surface area contributed by atoms with Crippen LogP contribution in [0.3, 0.4) is 0 Å². The predicted octanol–water partition coefficient (Wildman–Crippen LogP) is 1.82. The van der Waals surface area contributed by atoms with E-state index in [0.717, 1.165) is 18.5 Å². The van der Waals surface area contributed by atoms with E-state index in [1.807, 2.05) is 20.9 Å². The van der Waals surface area contributed by atoms with Crippen LogP contribution in [-0.4, -0.2) is 24.4 Å². The minimum Gasteiger partial charge on any atom is -0.345 e. The third-order valence-electron chi connectivity index (χ3n) is 1.60. The molecule has 0 rings (SSSR count). The fourth-order valence-electron chi connectivity index (χ4n) is 0.753. The first-order chi connectivity index (χ1) is 5.07. The van der Waals surface area contributed by atoms with Crippen molar-refractivity contribution in [1.29, 1.82) is 0 Å². The Hall–Kier alpha value is -0.790. The molecule has 0 unspecified atom stereocenters. The topological polar surface area (TPSA) is 20.3 Å². The number of hydrogen-bond donors (Lipinski definition) is 0. The van der Waals surface area contributed by atoms with Crippen molar-refractivity contribution in [2.45, 2.75) is 26.7 Å². The molecule has 0 aliphatic carbocycles. The molecule has 0 heterocycles. The maximum Gasteiger partial charge on any atom is 0.222 e. The molecule has 0 aliphatic heterocycles. The van der Waals surface area contributed by atoms with Crippen LogP contribution in [0.1, 0.15) is 26.7 Å². The molecule has 0 saturated heterocycles. The van der Waals surface area contributed by atoms with Crippen molar-refractivity contribution < 1.29 is 4.79 Å². The molecule has 0 radical (unpaired) electrons. The molecule has 0 aromatic rings. The summed E-state index contributed by atoms with van der Waals surface area (Å²) in [7, 11) is 1.83. The van der Waals surface area contributed by atoms with E-state index in [2.05, 4.69) is 6.58 Å². The fraction of sp³-hybridized carbons (Fsp3) is 0.667. The Morgan fingerprint density at radius 3 is 2.45 bits per heavy atom. The van der Waals surface area contributed by atoms with Crippen molar-refractivity contribution in [3.05, 3.63) is 12.2 Å². The monoisotopic (exact) mass is 155 g/mol. The van der Waals surface area contributed by atoms with E-state index in [-0.39, 0.29) is 5.91 Å². The SMILES string of the molecule is C=C(C)CCN(C)C(=O)CC. The second kappa shape index (κ2) is 4.94. The fourth-order valence-corrected chi connectivity index (χ4v) is 0.753. The summed E-state index contributed by atoms with van der Waals surface area (Å²) in [5.41, 5.74) is 1.13. The van der Waals surface area contributed by atoms with Crippen molar-refractivity contribution in [2.75, 3.05) is 13.6 Å². The molecule has 11 heavy (non-hydrogen) atoms. The van der Waals surface area contributed by atoms with E-state index < -0.39 is 0 Å². The number of carbonyl (C=O) groups excluding carboxylic acids is 1. The van der Waals surface area contributed by atoms with Gasteiger partial charge in [-0.2, -0.15) is 0 Å². The van der Waals surface area contributed by atoms with Crippen LogP contribution >= 0.6 is 0 Å². The first kappa shape index (κ1) is 10.2. The summed E-state index contributed by atoms with van der Waals surface area (Å²) < 4.78 is 0. The maximum absolute atomic E-state index is 11.0. The van der Waals surface area contributed by atoms with Crippen LogP contribution in [0.5, 0.6) is 0 Å². The molecule has 0 bridgehead atoms. The van der Waals surface area contributed by atoms with Crippen molar-refractivity contribution >= 4 is 5.91 Å². The lowest BCUT2D eigenvalue weighted by Crippen LogP contribution is -2.26. The van der Waals surface area contributed by atoms with E-state index >= 15 is 0 Å². The highest BCUT2D eigenvalue weighted by atomic mass is 16.2. The molecule has 0 N–H and O–H groups in total. The van der Waals surface area contributed by atoms with Gasteiger partial charge < -0.3 is 4.90 Å². The summed E-state index contributed by atoms with van der Waals surface area (Å²) in [6.07, 6.45) is 1.49. The number of hydrogen-bond acceptors (Lipinski definition) is 1. The number of amides is 1. The summed E-state index contributed by atoms with van der Waals surface area (Å²) in [6, 6.07) is 0. The van der Waals surface area contributed by atoms with E-state index in [4.69, 9.17) is 0 Å². The molecule has 0 aromatic heterocycles. The van der Waals surface area contributed by atoms with Crippen molar-refractivity contribution in [1.82, 2.24) is 4.90 Å². The second-order valence-corrected chi connectivity index (χ2v) is 2.88. The van der Waals surface area contributed by atoms with Gasteiger partial charge in [0.05, 0.1) is 0 Å². The smallest absolute Gasteiger partial charge is 0.222 e. The van der Waals surface area contributed by atoms with Crippen molar-refractivity contribution in [3.63, 3.8) is 0 Å². The third-order valence-corrected chi connectivity index (χ3v) is 1.60. The van der Waals surface area contributed by atoms with Gasteiger partial charge in [-0.1, -0.05) is 12.5 Å². The van der Waals surface area contributed by atoms with E-state index in [9.17, 15) is 4.79 Å². The molecule has 0 aromatic carbocycles. The summed E-state index contributed by atoms with van der Waals surface area (Å²) in [6.45, 7) is 8.42. The highest BCUT2D eigenvalue weighted by Crippen LogP contribution is 1.98. The summed E-state index contributed by atoms with van der Waals surface area (Å²) in [5, 5.41) is 0. The Bertz CT molecular complexity index is 152. The Labute approximate surface area is 68.9 Å². The second-order valence-electron chi connectivity index (χ2n) is 2.88. The van der Waals surface area contributed by atoms with Crippen molar-refractivity contribution in [2.24, 2.45) is 0 Å². The van der Waals surface area contributed by atoms with Gasteiger partial charge >= 0.3 is 0 Å². The number of carbonyl (C=O) groups is 1. The van der Waals surface area contributed by atoms with Crippen LogP contribution in [0.25, 0.3) is 0 Å². The summed E-state index contributed by atoms with van der Waals surface area (Å²) >= 11 is 0. The minimum absolute atomic E-state index is 0.200. The molecule has 2 nitrogen and oxygen atoms in total. The van der Waals surface area contributed by atoms with Crippen LogP contribution in [0.4, 0.5) is 0 Å². The van der Waals surface area contributed by atoms with Crippen LogP contribution in [0.2, 0.25) is 0 Å². The number of rotatable bonds is 4. The average Bonchev–Trinajstić information content (AvgIpc) is 1.98. The first-order valence-electron chi connectivity index (χ1n) is 3.96. The zero-order valence-corrected chi connectivity index (χ0v) is 7.68. The standard InChI is InChI=1S/C9H17NO/c1-5-9(11)10(4)7-6-8(2)3/h2,5-7H2,1,3-4H3. The van der Waals surface area contributed by atoms with Gasteiger partial charge in [0, 0.05) is 20.0 Å². The molecule has 0 atom stereocenters. The van der Waals surface area contributed by atoms with Gasteiger partial charge in [-0.05, 0) is 13.3 Å². The zero-order valence-electron chi connectivity index (χ0n) is 7.68. The summed E-state index contributed by atoms with van der Waals surface area (Å²) in [5.74, 6) is 0.200. The van der Waals surface area contributed by atoms with Gasteiger partial charge in [0.2, 0.25) is 5.91 Å². The molecule has 1 amide bonds. The average molecular weight is 155 g/mol. The van der Waals surface area contributed by atoms with Gasteiger partial charge in [0.1, 0.15) is 0 Å². The minimum atomic E-state index is 0.200. The Kier molecular flexibility index (Phi) is 4.59. The first-order valence-corrected chi connectivity index (χ1v) is 3.96. The van der Waals surface area contributed by atoms with Gasteiger partial charge in [-0.25, -0.2) is 0 Å². The van der Waals surface area contributed by atoms with E-state index in [1.54, 1.807) is 4.90 Å². The maximum atomic E-state index is 11.0. The van der Waals surface area contributed by atoms with Gasteiger partial charge in [0.25, 0.3) is 0 Å².